The first-order valence-corrected chi connectivity index (χ1v) is 10.1. The van der Waals surface area contributed by atoms with E-state index in [1.807, 2.05) is 24.3 Å². The number of carbonyl (C=O) groups is 2. The summed E-state index contributed by atoms with van der Waals surface area (Å²) in [6.45, 7) is 3.94. The summed E-state index contributed by atoms with van der Waals surface area (Å²) >= 11 is 2.56. The largest absolute Gasteiger partial charge is 0.325 e. The van der Waals surface area contributed by atoms with Crippen molar-refractivity contribution in [2.24, 2.45) is 0 Å². The van der Waals surface area contributed by atoms with Crippen molar-refractivity contribution in [3.63, 3.8) is 0 Å². The fourth-order valence-electron chi connectivity index (χ4n) is 1.99. The molecular formula is C17H22N4O2S2. The standard InChI is InChI=1S/C17H22N4O2S2/c1-3-5-6-12-7-9-13(10-8-12)18-15(23)11-24-17-21-20-16(25-17)19-14(22)4-2/h7-10H,3-6,11H2,1-2H3,(H,18,23)(H,19,20,22). The summed E-state index contributed by atoms with van der Waals surface area (Å²) in [5.41, 5.74) is 2.07. The SMILES string of the molecule is CCCCc1ccc(NC(=O)CSc2nnc(NC(=O)CC)s2)cc1. The highest BCUT2D eigenvalue weighted by Gasteiger charge is 2.10. The number of amides is 2. The summed E-state index contributed by atoms with van der Waals surface area (Å²) in [5, 5.41) is 13.8. The fraction of sp³-hybridized carbons (Fsp3) is 0.412. The van der Waals surface area contributed by atoms with Gasteiger partial charge in [0, 0.05) is 12.1 Å². The molecule has 2 aromatic rings. The van der Waals surface area contributed by atoms with Crippen LogP contribution in [0.4, 0.5) is 10.8 Å². The number of thioether (sulfide) groups is 1. The van der Waals surface area contributed by atoms with Gasteiger partial charge in [-0.05, 0) is 30.5 Å². The van der Waals surface area contributed by atoms with Crippen molar-refractivity contribution < 1.29 is 9.59 Å². The van der Waals surface area contributed by atoms with Crippen molar-refractivity contribution in [2.45, 2.75) is 43.9 Å². The molecule has 0 atom stereocenters. The van der Waals surface area contributed by atoms with Crippen LogP contribution < -0.4 is 10.6 Å². The maximum absolute atomic E-state index is 12.0. The zero-order valence-electron chi connectivity index (χ0n) is 14.4. The van der Waals surface area contributed by atoms with Gasteiger partial charge in [0.2, 0.25) is 16.9 Å². The normalized spacial score (nSPS) is 10.5. The number of hydrogen-bond acceptors (Lipinski definition) is 6. The molecule has 25 heavy (non-hydrogen) atoms. The topological polar surface area (TPSA) is 84.0 Å². The number of benzene rings is 1. The molecule has 0 spiro atoms. The Bertz CT molecular complexity index is 701. The first-order valence-electron chi connectivity index (χ1n) is 8.25. The van der Waals surface area contributed by atoms with Gasteiger partial charge < -0.3 is 10.6 Å². The highest BCUT2D eigenvalue weighted by Crippen LogP contribution is 2.25. The summed E-state index contributed by atoms with van der Waals surface area (Å²) in [4.78, 5) is 23.3. The van der Waals surface area contributed by atoms with E-state index in [9.17, 15) is 9.59 Å². The second-order valence-electron chi connectivity index (χ2n) is 5.41. The summed E-state index contributed by atoms with van der Waals surface area (Å²) in [5.74, 6) is 0.0435. The van der Waals surface area contributed by atoms with E-state index in [0.717, 1.165) is 12.1 Å². The van der Waals surface area contributed by atoms with Crippen molar-refractivity contribution in [3.8, 4) is 0 Å². The van der Waals surface area contributed by atoms with Crippen molar-refractivity contribution in [2.75, 3.05) is 16.4 Å². The zero-order chi connectivity index (χ0) is 18.1. The van der Waals surface area contributed by atoms with Crippen molar-refractivity contribution in [1.29, 1.82) is 0 Å². The van der Waals surface area contributed by atoms with Gasteiger partial charge in [-0.1, -0.05) is 55.5 Å². The van der Waals surface area contributed by atoms with Gasteiger partial charge in [-0.15, -0.1) is 10.2 Å². The van der Waals surface area contributed by atoms with Crippen LogP contribution in [0.15, 0.2) is 28.6 Å². The highest BCUT2D eigenvalue weighted by molar-refractivity contribution is 8.01. The maximum atomic E-state index is 12.0. The molecule has 1 heterocycles. The quantitative estimate of drug-likeness (QED) is 0.510. The lowest BCUT2D eigenvalue weighted by molar-refractivity contribution is -0.116. The minimum absolute atomic E-state index is 0.0966. The third-order valence-corrected chi connectivity index (χ3v) is 5.33. The molecule has 0 bridgehead atoms. The molecule has 134 valence electrons. The Balaban J connectivity index is 1.77. The molecule has 1 aromatic carbocycles. The van der Waals surface area contributed by atoms with Gasteiger partial charge in [0.25, 0.3) is 0 Å². The summed E-state index contributed by atoms with van der Waals surface area (Å²) in [7, 11) is 0. The van der Waals surface area contributed by atoms with Crippen molar-refractivity contribution in [1.82, 2.24) is 10.2 Å². The molecule has 2 rings (SSSR count). The molecule has 0 saturated heterocycles. The molecule has 2 N–H and O–H groups in total. The van der Waals surface area contributed by atoms with Crippen LogP contribution in [0, 0.1) is 0 Å². The Morgan fingerprint density at radius 1 is 1.08 bits per heavy atom. The van der Waals surface area contributed by atoms with E-state index in [-0.39, 0.29) is 17.6 Å². The van der Waals surface area contributed by atoms with Gasteiger partial charge in [0.1, 0.15) is 0 Å². The molecule has 0 fully saturated rings. The Morgan fingerprint density at radius 3 is 2.52 bits per heavy atom. The Labute approximate surface area is 155 Å². The number of hydrogen-bond donors (Lipinski definition) is 2. The summed E-state index contributed by atoms with van der Waals surface area (Å²) < 4.78 is 0.650. The van der Waals surface area contributed by atoms with Crippen LogP contribution in [0.2, 0.25) is 0 Å². The summed E-state index contributed by atoms with van der Waals surface area (Å²) in [6, 6.07) is 7.95. The lowest BCUT2D eigenvalue weighted by Gasteiger charge is -2.05. The monoisotopic (exact) mass is 378 g/mol. The molecule has 1 aromatic heterocycles. The predicted molar refractivity (Wildman–Crippen MR) is 103 cm³/mol. The fourth-order valence-corrected chi connectivity index (χ4v) is 3.55. The Hall–Kier alpha value is -1.93. The van der Waals surface area contributed by atoms with E-state index >= 15 is 0 Å². The molecular weight excluding hydrogens is 356 g/mol. The van der Waals surface area contributed by atoms with Crippen LogP contribution >= 0.6 is 23.1 Å². The molecule has 2 amide bonds. The number of aromatic nitrogens is 2. The van der Waals surface area contributed by atoms with E-state index in [1.165, 1.54) is 41.5 Å². The minimum Gasteiger partial charge on any atom is -0.325 e. The van der Waals surface area contributed by atoms with E-state index < -0.39 is 0 Å². The van der Waals surface area contributed by atoms with Gasteiger partial charge in [-0.25, -0.2) is 0 Å². The van der Waals surface area contributed by atoms with E-state index in [2.05, 4.69) is 27.8 Å². The van der Waals surface area contributed by atoms with Gasteiger partial charge in [-0.2, -0.15) is 0 Å². The van der Waals surface area contributed by atoms with Gasteiger partial charge in [0.05, 0.1) is 5.75 Å². The minimum atomic E-state index is -0.104. The third kappa shape index (κ3) is 6.83. The molecule has 0 aliphatic rings. The van der Waals surface area contributed by atoms with Crippen LogP contribution in [0.3, 0.4) is 0 Å². The number of rotatable bonds is 9. The Kier molecular flexibility index (Phi) is 7.87. The average Bonchev–Trinajstić information content (AvgIpc) is 3.06. The first kappa shape index (κ1) is 19.4. The van der Waals surface area contributed by atoms with Crippen LogP contribution in [-0.4, -0.2) is 27.8 Å². The average molecular weight is 379 g/mol. The highest BCUT2D eigenvalue weighted by atomic mass is 32.2. The summed E-state index contributed by atoms with van der Waals surface area (Å²) in [6.07, 6.45) is 3.80. The number of unbranched alkanes of at least 4 members (excludes halogenated alkanes) is 1. The predicted octanol–water partition coefficient (Wildman–Crippen LogP) is 3.96. The van der Waals surface area contributed by atoms with Gasteiger partial charge >= 0.3 is 0 Å². The number of aryl methyl sites for hydroxylation is 1. The first-order chi connectivity index (χ1) is 12.1. The van der Waals surface area contributed by atoms with Crippen LogP contribution in [-0.2, 0) is 16.0 Å². The zero-order valence-corrected chi connectivity index (χ0v) is 16.0. The lowest BCUT2D eigenvalue weighted by atomic mass is 10.1. The second kappa shape index (κ2) is 10.1. The van der Waals surface area contributed by atoms with E-state index in [1.54, 1.807) is 6.92 Å². The number of nitrogens with one attached hydrogen (secondary N) is 2. The number of anilines is 2. The van der Waals surface area contributed by atoms with Gasteiger partial charge in [0.15, 0.2) is 4.34 Å². The van der Waals surface area contributed by atoms with Crippen molar-refractivity contribution in [3.05, 3.63) is 29.8 Å². The Morgan fingerprint density at radius 2 is 1.84 bits per heavy atom. The second-order valence-corrected chi connectivity index (χ2v) is 7.61. The third-order valence-electron chi connectivity index (χ3n) is 3.36. The molecule has 0 saturated carbocycles. The van der Waals surface area contributed by atoms with Crippen LogP contribution in [0.5, 0.6) is 0 Å². The molecule has 8 heteroatoms. The molecule has 0 unspecified atom stereocenters. The van der Waals surface area contributed by atoms with Crippen LogP contribution in [0.25, 0.3) is 0 Å². The van der Waals surface area contributed by atoms with E-state index in [0.29, 0.717) is 15.9 Å². The number of carbonyl (C=O) groups excluding carboxylic acids is 2. The lowest BCUT2D eigenvalue weighted by Crippen LogP contribution is -2.13. The maximum Gasteiger partial charge on any atom is 0.234 e. The van der Waals surface area contributed by atoms with Gasteiger partial charge in [-0.3, -0.25) is 9.59 Å². The molecule has 0 aliphatic heterocycles. The van der Waals surface area contributed by atoms with E-state index in [4.69, 9.17) is 0 Å². The molecule has 0 radical (unpaired) electrons. The van der Waals surface area contributed by atoms with Crippen molar-refractivity contribution >= 4 is 45.7 Å². The number of nitrogens with zero attached hydrogens (tertiary/aromatic N) is 2. The molecule has 0 aliphatic carbocycles. The molecule has 6 nitrogen and oxygen atoms in total. The van der Waals surface area contributed by atoms with Crippen LogP contribution in [0.1, 0.15) is 38.7 Å². The smallest absolute Gasteiger partial charge is 0.234 e.